The zero-order valence-electron chi connectivity index (χ0n) is 15.3. The van der Waals surface area contributed by atoms with Crippen LogP contribution in [0.25, 0.3) is 0 Å². The Hall–Kier alpha value is -1.63. The molecule has 1 fully saturated rings. The Morgan fingerprint density at radius 2 is 2.15 bits per heavy atom. The Balaban J connectivity index is 1.62. The standard InChI is InChI=1S/C19H26ClN5S/c1-14-11-22-18(26-14)13-24-19(21-2)23-12-17(25-8-3-4-9-25)15-6-5-7-16(20)10-15/h5-7,10-11,17H,3-4,8-9,12-13H2,1-2H3,(H2,21,23,24). The second-order valence-electron chi connectivity index (χ2n) is 6.49. The molecule has 0 spiro atoms. The van der Waals surface area contributed by atoms with Gasteiger partial charge in [-0.3, -0.25) is 9.89 Å². The first-order chi connectivity index (χ1) is 12.7. The van der Waals surface area contributed by atoms with E-state index in [-0.39, 0.29) is 6.04 Å². The maximum Gasteiger partial charge on any atom is 0.191 e. The molecule has 26 heavy (non-hydrogen) atoms. The van der Waals surface area contributed by atoms with E-state index in [9.17, 15) is 0 Å². The molecule has 2 aromatic rings. The monoisotopic (exact) mass is 391 g/mol. The molecule has 1 aliphatic heterocycles. The van der Waals surface area contributed by atoms with Gasteiger partial charge < -0.3 is 10.6 Å². The molecule has 2 N–H and O–H groups in total. The molecule has 1 aliphatic rings. The van der Waals surface area contributed by atoms with Crippen molar-refractivity contribution in [2.45, 2.75) is 32.4 Å². The summed E-state index contributed by atoms with van der Waals surface area (Å²) in [6.07, 6.45) is 4.42. The highest BCUT2D eigenvalue weighted by atomic mass is 35.5. The molecule has 0 amide bonds. The molecule has 1 saturated heterocycles. The number of thiazole rings is 1. The van der Waals surface area contributed by atoms with Crippen LogP contribution in [-0.4, -0.2) is 42.5 Å². The zero-order valence-corrected chi connectivity index (χ0v) is 16.9. The first kappa shape index (κ1) is 19.1. The van der Waals surface area contributed by atoms with Gasteiger partial charge in [0.15, 0.2) is 5.96 Å². The lowest BCUT2D eigenvalue weighted by Crippen LogP contribution is -2.42. The van der Waals surface area contributed by atoms with Crippen molar-refractivity contribution in [3.8, 4) is 0 Å². The number of benzene rings is 1. The van der Waals surface area contributed by atoms with Crippen LogP contribution in [0, 0.1) is 6.92 Å². The predicted molar refractivity (Wildman–Crippen MR) is 110 cm³/mol. The number of nitrogens with zero attached hydrogens (tertiary/aromatic N) is 3. The molecule has 0 saturated carbocycles. The Morgan fingerprint density at radius 1 is 1.35 bits per heavy atom. The number of hydrogen-bond donors (Lipinski definition) is 2. The lowest BCUT2D eigenvalue weighted by atomic mass is 10.1. The number of likely N-dealkylation sites (tertiary alicyclic amines) is 1. The van der Waals surface area contributed by atoms with Gasteiger partial charge >= 0.3 is 0 Å². The third kappa shape index (κ3) is 5.19. The van der Waals surface area contributed by atoms with E-state index < -0.39 is 0 Å². The number of aryl methyl sites for hydroxylation is 1. The minimum atomic E-state index is 0.289. The van der Waals surface area contributed by atoms with Crippen LogP contribution in [0.4, 0.5) is 0 Å². The summed E-state index contributed by atoms with van der Waals surface area (Å²) < 4.78 is 0. The van der Waals surface area contributed by atoms with Gasteiger partial charge in [-0.1, -0.05) is 23.7 Å². The normalized spacial score (nSPS) is 16.7. The van der Waals surface area contributed by atoms with Crippen molar-refractivity contribution in [3.63, 3.8) is 0 Å². The molecule has 1 unspecified atom stereocenters. The van der Waals surface area contributed by atoms with Crippen molar-refractivity contribution >= 4 is 28.9 Å². The molecule has 0 bridgehead atoms. The number of aliphatic imine (C=N–C) groups is 1. The number of aromatic nitrogens is 1. The topological polar surface area (TPSA) is 52.6 Å². The van der Waals surface area contributed by atoms with E-state index in [4.69, 9.17) is 11.6 Å². The molecule has 2 heterocycles. The first-order valence-corrected chi connectivity index (χ1v) is 10.2. The molecule has 140 valence electrons. The van der Waals surface area contributed by atoms with Gasteiger partial charge in [-0.2, -0.15) is 0 Å². The lowest BCUT2D eigenvalue weighted by molar-refractivity contribution is 0.245. The Labute approximate surface area is 164 Å². The number of guanidine groups is 1. The van der Waals surface area contributed by atoms with Gasteiger partial charge in [-0.15, -0.1) is 11.3 Å². The summed E-state index contributed by atoms with van der Waals surface area (Å²) in [5.41, 5.74) is 1.25. The third-order valence-electron chi connectivity index (χ3n) is 4.58. The second-order valence-corrected chi connectivity index (χ2v) is 8.24. The fraction of sp³-hybridized carbons (Fsp3) is 0.474. The minimum Gasteiger partial charge on any atom is -0.354 e. The summed E-state index contributed by atoms with van der Waals surface area (Å²) >= 11 is 7.93. The van der Waals surface area contributed by atoms with E-state index in [1.807, 2.05) is 18.3 Å². The van der Waals surface area contributed by atoms with Crippen molar-refractivity contribution in [2.24, 2.45) is 4.99 Å². The Morgan fingerprint density at radius 3 is 2.81 bits per heavy atom. The second kappa shape index (κ2) is 9.35. The van der Waals surface area contributed by atoms with Gasteiger partial charge in [-0.25, -0.2) is 4.98 Å². The van der Waals surface area contributed by atoms with Crippen LogP contribution in [0.15, 0.2) is 35.5 Å². The minimum absolute atomic E-state index is 0.289. The summed E-state index contributed by atoms with van der Waals surface area (Å²) in [5.74, 6) is 0.795. The third-order valence-corrected chi connectivity index (χ3v) is 5.73. The van der Waals surface area contributed by atoms with Crippen LogP contribution in [0.2, 0.25) is 5.02 Å². The summed E-state index contributed by atoms with van der Waals surface area (Å²) in [5, 5.41) is 8.67. The van der Waals surface area contributed by atoms with Gasteiger partial charge in [0.2, 0.25) is 0 Å². The SMILES string of the molecule is CN=C(NCc1ncc(C)s1)NCC(c1cccc(Cl)c1)N1CCCC1. The first-order valence-electron chi connectivity index (χ1n) is 9.01. The van der Waals surface area contributed by atoms with Crippen LogP contribution < -0.4 is 10.6 Å². The summed E-state index contributed by atoms with van der Waals surface area (Å²) in [7, 11) is 1.80. The lowest BCUT2D eigenvalue weighted by Gasteiger charge is -2.29. The summed E-state index contributed by atoms with van der Waals surface area (Å²) in [6, 6.07) is 8.47. The van der Waals surface area contributed by atoms with Crippen molar-refractivity contribution in [2.75, 3.05) is 26.7 Å². The molecule has 1 atom stereocenters. The molecule has 1 aromatic carbocycles. The molecule has 0 radical (unpaired) electrons. The quantitative estimate of drug-likeness (QED) is 0.583. The van der Waals surface area contributed by atoms with E-state index in [1.54, 1.807) is 18.4 Å². The van der Waals surface area contributed by atoms with Crippen molar-refractivity contribution in [1.82, 2.24) is 20.5 Å². The van der Waals surface area contributed by atoms with Crippen molar-refractivity contribution in [1.29, 1.82) is 0 Å². The van der Waals surface area contributed by atoms with E-state index in [0.717, 1.165) is 35.6 Å². The highest BCUT2D eigenvalue weighted by molar-refractivity contribution is 7.11. The zero-order chi connectivity index (χ0) is 18.4. The Bertz CT molecular complexity index is 739. The van der Waals surface area contributed by atoms with Crippen LogP contribution in [0.3, 0.4) is 0 Å². The smallest absolute Gasteiger partial charge is 0.191 e. The van der Waals surface area contributed by atoms with E-state index >= 15 is 0 Å². The molecule has 1 aromatic heterocycles. The molecule has 0 aliphatic carbocycles. The maximum atomic E-state index is 6.22. The fourth-order valence-corrected chi connectivity index (χ4v) is 4.21. The van der Waals surface area contributed by atoms with Crippen LogP contribution in [0.5, 0.6) is 0 Å². The number of nitrogens with one attached hydrogen (secondary N) is 2. The maximum absolute atomic E-state index is 6.22. The van der Waals surface area contributed by atoms with E-state index in [0.29, 0.717) is 6.54 Å². The van der Waals surface area contributed by atoms with Gasteiger partial charge in [0.1, 0.15) is 5.01 Å². The van der Waals surface area contributed by atoms with Crippen molar-refractivity contribution < 1.29 is 0 Å². The van der Waals surface area contributed by atoms with E-state index in [2.05, 4.69) is 44.6 Å². The van der Waals surface area contributed by atoms with E-state index in [1.165, 1.54) is 23.3 Å². The van der Waals surface area contributed by atoms with Crippen molar-refractivity contribution in [3.05, 3.63) is 50.9 Å². The molecule has 5 nitrogen and oxygen atoms in total. The molecular formula is C19H26ClN5S. The fourth-order valence-electron chi connectivity index (χ4n) is 3.28. The predicted octanol–water partition coefficient (Wildman–Crippen LogP) is 3.61. The average Bonchev–Trinajstić information content (AvgIpc) is 3.30. The molecule has 7 heteroatoms. The number of rotatable bonds is 6. The summed E-state index contributed by atoms with van der Waals surface area (Å²) in [4.78, 5) is 12.5. The molecular weight excluding hydrogens is 366 g/mol. The highest BCUT2D eigenvalue weighted by Crippen LogP contribution is 2.26. The van der Waals surface area contributed by atoms with Gasteiger partial charge in [0.05, 0.1) is 12.6 Å². The van der Waals surface area contributed by atoms with Gasteiger partial charge in [0, 0.05) is 29.7 Å². The van der Waals surface area contributed by atoms with Crippen LogP contribution in [0.1, 0.15) is 34.3 Å². The van der Waals surface area contributed by atoms with Crippen LogP contribution in [-0.2, 0) is 6.54 Å². The highest BCUT2D eigenvalue weighted by Gasteiger charge is 2.23. The number of hydrogen-bond acceptors (Lipinski definition) is 4. The number of halogens is 1. The van der Waals surface area contributed by atoms with Gasteiger partial charge in [-0.05, 0) is 50.6 Å². The van der Waals surface area contributed by atoms with Crippen LogP contribution >= 0.6 is 22.9 Å². The average molecular weight is 392 g/mol. The summed E-state index contributed by atoms with van der Waals surface area (Å²) in [6.45, 7) is 5.80. The Kier molecular flexibility index (Phi) is 6.88. The molecule has 3 rings (SSSR count). The van der Waals surface area contributed by atoms with Gasteiger partial charge in [0.25, 0.3) is 0 Å². The largest absolute Gasteiger partial charge is 0.354 e.